The number of ether oxygens (including phenoxy) is 1. The monoisotopic (exact) mass is 410 g/mol. The van der Waals surface area contributed by atoms with Crippen LogP contribution in [-0.2, 0) is 14.3 Å². The fraction of sp³-hybridized carbons (Fsp3) is 0.167. The third kappa shape index (κ3) is 7.68. The van der Waals surface area contributed by atoms with Crippen LogP contribution in [0.25, 0.3) is 0 Å². The third-order valence-electron chi connectivity index (χ3n) is 0.606. The molecule has 11 heavy (non-hydrogen) atoms. The molecular weight excluding hydrogens is 403 g/mol. The molecule has 1 N–H and O–H groups in total. The number of carboxylic acids is 1. The molecule has 0 amide bonds. The van der Waals surface area contributed by atoms with E-state index >= 15 is 0 Å². The number of esters is 1. The van der Waals surface area contributed by atoms with Crippen LogP contribution < -0.4 is 0 Å². The van der Waals surface area contributed by atoms with Crippen LogP contribution >= 0.6 is 0 Å². The van der Waals surface area contributed by atoms with Crippen LogP contribution in [0.4, 0.5) is 0 Å². The van der Waals surface area contributed by atoms with E-state index in [0.29, 0.717) is 6.08 Å². The molecule has 0 radical (unpaired) electrons. The predicted octanol–water partition coefficient (Wildman–Crippen LogP) is 0.00449. The Hall–Kier alpha value is -2.32. The zero-order valence-electron chi connectivity index (χ0n) is 5.95. The van der Waals surface area contributed by atoms with Crippen molar-refractivity contribution in [3.63, 3.8) is 0 Å². The largest absolute Gasteiger partial charge is 0.496 e. The smallest absolute Gasteiger partial charge is 0.328 e. The minimum atomic E-state index is -1.18. The quantitative estimate of drug-likeness (QED) is 0.405. The summed E-state index contributed by atoms with van der Waals surface area (Å²) >= 11 is 0. The Morgan fingerprint density at radius 2 is 2.00 bits per heavy atom. The fourth-order valence-corrected chi connectivity index (χ4v) is 0.288. The van der Waals surface area contributed by atoms with Gasteiger partial charge in [0.05, 0.1) is 0 Å². The maximum atomic E-state index is 10.3. The maximum absolute atomic E-state index is 10.3. The first-order valence-electron chi connectivity index (χ1n) is 2.54. The van der Waals surface area contributed by atoms with Crippen molar-refractivity contribution < 1.29 is 19.4 Å². The molecule has 0 atom stereocenters. The van der Waals surface area contributed by atoms with E-state index in [9.17, 15) is 9.59 Å². The van der Waals surface area contributed by atoms with E-state index < -0.39 is 11.9 Å². The number of hydrogen-bond acceptors (Lipinski definition) is 3. The molecule has 0 rings (SSSR count). The van der Waals surface area contributed by atoms with Crippen molar-refractivity contribution in [1.29, 1.82) is 0 Å². The van der Waals surface area contributed by atoms with Gasteiger partial charge in [0.25, 0.3) is 0 Å². The molecule has 0 saturated heterocycles. The summed E-state index contributed by atoms with van der Waals surface area (Å²) in [6.07, 6.45) is 1.53. The molecule has 0 aliphatic carbocycles. The van der Waals surface area contributed by atoms with Crippen LogP contribution in [0.5, 0.6) is 0 Å². The van der Waals surface area contributed by atoms with Crippen LogP contribution in [0, 0.1) is 6.92 Å². The van der Waals surface area contributed by atoms with E-state index in [1.807, 2.05) is 0 Å². The van der Waals surface area contributed by atoms with E-state index in [2.05, 4.69) is 11.7 Å². The molecule has 58 valence electrons. The third-order valence-corrected chi connectivity index (χ3v) is 0.606. The zero-order valence-corrected chi connectivity index (χ0v) is 12.3. The average Bonchev–Trinajstić information content (AvgIpc) is 1.85. The van der Waals surface area contributed by atoms with E-state index in [-0.39, 0.29) is 6.61 Å². The SMILES string of the molecule is [CH2-]COC(=O)/C=C/C(=O)O.[Rf]. The Labute approximate surface area is 58.1 Å². The van der Waals surface area contributed by atoms with E-state index in [1.54, 1.807) is 0 Å². The molecule has 0 aromatic carbocycles. The van der Waals surface area contributed by atoms with Gasteiger partial charge in [0.1, 0.15) is 0 Å². The molecule has 0 unspecified atom stereocenters. The Kier molecular flexibility index (Phi) is 6.06. The zero-order chi connectivity index (χ0) is 7.98. The first kappa shape index (κ1) is 11.5. The number of aliphatic carboxylic acids is 1. The average molecular weight is 410 g/mol. The minimum Gasteiger partial charge on any atom is -0.496 e. The van der Waals surface area contributed by atoms with Crippen LogP contribution in [0.3, 0.4) is 0 Å². The normalized spacial score (nSPS) is 8.82. The second-order valence-electron chi connectivity index (χ2n) is 1.34. The molecule has 0 aromatic heterocycles. The Morgan fingerprint density at radius 3 is 2.36 bits per heavy atom. The van der Waals surface area contributed by atoms with Crippen molar-refractivity contribution in [2.45, 2.75) is 0 Å². The van der Waals surface area contributed by atoms with Crippen molar-refractivity contribution in [2.24, 2.45) is 0 Å². The van der Waals surface area contributed by atoms with E-state index in [0.717, 1.165) is 6.08 Å². The van der Waals surface area contributed by atoms with Gasteiger partial charge in [-0.15, -0.1) is 0 Å². The second kappa shape index (κ2) is 5.81. The number of carbonyl (C=O) groups is 2. The number of rotatable bonds is 3. The van der Waals surface area contributed by atoms with Gasteiger partial charge in [-0.3, -0.25) is 0 Å². The topological polar surface area (TPSA) is 63.6 Å². The fourth-order valence-electron chi connectivity index (χ4n) is 0.288. The van der Waals surface area contributed by atoms with Gasteiger partial charge in [-0.1, -0.05) is 0 Å². The van der Waals surface area contributed by atoms with Gasteiger partial charge in [0, 0.05) is 12.2 Å². The van der Waals surface area contributed by atoms with E-state index in [1.165, 1.54) is 0 Å². The second-order valence-corrected chi connectivity index (χ2v) is 1.34. The first-order valence-corrected chi connectivity index (χ1v) is 2.54. The number of carboxylic acid groups (broad SMARTS) is 1. The minimum absolute atomic E-state index is 0. The van der Waals surface area contributed by atoms with Gasteiger partial charge in [-0.25, -0.2) is 9.59 Å². The molecule has 0 saturated carbocycles. The summed E-state index contributed by atoms with van der Waals surface area (Å²) < 4.78 is 4.29. The van der Waals surface area contributed by atoms with Crippen LogP contribution in [0.15, 0.2) is 12.2 Å². The molecule has 0 aliphatic heterocycles. The summed E-state index contributed by atoms with van der Waals surface area (Å²) in [6, 6.07) is 0. The van der Waals surface area contributed by atoms with Gasteiger partial charge in [0.15, 0.2) is 0 Å². The summed E-state index contributed by atoms with van der Waals surface area (Å²) in [7, 11) is 0. The molecule has 0 aliphatic rings. The Morgan fingerprint density at radius 1 is 1.45 bits per heavy atom. The van der Waals surface area contributed by atoms with Crippen LogP contribution in [-0.4, -0.2) is 23.7 Å². The molecule has 0 heterocycles. The summed E-state index contributed by atoms with van der Waals surface area (Å²) in [5.41, 5.74) is 0. The Bertz CT molecular complexity index is 164. The molecule has 0 aromatic rings. The summed E-state index contributed by atoms with van der Waals surface area (Å²) in [4.78, 5) is 20.1. The first-order chi connectivity index (χ1) is 4.66. The molecule has 5 heteroatoms. The van der Waals surface area contributed by atoms with E-state index in [4.69, 9.17) is 5.11 Å². The van der Waals surface area contributed by atoms with Gasteiger partial charge in [-0.05, 0) is 6.61 Å². The van der Waals surface area contributed by atoms with Crippen molar-refractivity contribution in [3.8, 4) is 0 Å². The van der Waals surface area contributed by atoms with Gasteiger partial charge in [-0.2, -0.15) is 0 Å². The van der Waals surface area contributed by atoms with Gasteiger partial charge in [0.2, 0.25) is 0 Å². The van der Waals surface area contributed by atoms with Crippen molar-refractivity contribution in [3.05, 3.63) is 19.1 Å². The van der Waals surface area contributed by atoms with Crippen molar-refractivity contribution in [2.75, 3.05) is 6.61 Å². The summed E-state index contributed by atoms with van der Waals surface area (Å²) in [6.45, 7) is 3.23. The maximum Gasteiger partial charge on any atom is 0.328 e. The standard InChI is InChI=1S/C6H7O4.Rf/c1-2-10-6(9)4-3-5(7)8;/h3-4H,1-2H2,(H,7,8);/q-1;/b4-3+;. The molecule has 4 nitrogen and oxygen atoms in total. The number of hydrogen-bond donors (Lipinski definition) is 1. The summed E-state index contributed by atoms with van der Waals surface area (Å²) in [5, 5.41) is 8.02. The van der Waals surface area contributed by atoms with Crippen molar-refractivity contribution >= 4 is 11.9 Å². The summed E-state index contributed by atoms with van der Waals surface area (Å²) in [5.74, 6) is -1.88. The number of carbonyl (C=O) groups excluding carboxylic acids is 1. The molecular formula is C6H7O4Rf-. The van der Waals surface area contributed by atoms with Crippen molar-refractivity contribution in [1.82, 2.24) is 0 Å². The van der Waals surface area contributed by atoms with Gasteiger partial charge >= 0.3 is 11.9 Å². The molecule has 0 spiro atoms. The van der Waals surface area contributed by atoms with Crippen LogP contribution in [0.2, 0.25) is 0 Å². The molecule has 0 bridgehead atoms. The van der Waals surface area contributed by atoms with Gasteiger partial charge < -0.3 is 16.8 Å². The van der Waals surface area contributed by atoms with Crippen LogP contribution in [0.1, 0.15) is 0 Å². The Balaban J connectivity index is 0. The predicted molar refractivity (Wildman–Crippen MR) is 33.1 cm³/mol. The molecule has 0 fully saturated rings.